The maximum absolute atomic E-state index is 16.4. The molecule has 3 aliphatic heterocycles. The van der Waals surface area contributed by atoms with Crippen LogP contribution < -0.4 is 20.7 Å². The quantitative estimate of drug-likeness (QED) is 0.189. The number of piperazine rings is 1. The van der Waals surface area contributed by atoms with Crippen molar-refractivity contribution >= 4 is 46.2 Å². The highest BCUT2D eigenvalue weighted by molar-refractivity contribution is 6.23. The average Bonchev–Trinajstić information content (AvgIpc) is 3.70. The zero-order valence-corrected chi connectivity index (χ0v) is 32.3. The van der Waals surface area contributed by atoms with Crippen molar-refractivity contribution in [3.05, 3.63) is 90.3 Å². The Hall–Kier alpha value is -6.22. The Morgan fingerprint density at radius 2 is 1.59 bits per heavy atom. The first-order chi connectivity index (χ1) is 28.0. The molecular weight excluding hydrogens is 742 g/mol. The maximum Gasteiger partial charge on any atom is 0.262 e. The standard InChI is InChI=1S/C43H44FN9O5/c1-24-20-50(21-25(2)51(24)28-11-14-31-32(19-28)43(57)52(42(31)56)35-16-17-36(54)48-41(35)55)22-26-8-15-34(33(44)18-26)53-40-37(39(45)46-23-47-40)38(49-53)27-9-12-30(13-10-27)58-29-6-4-3-5-7-29/h3-7,9-14,19,23-26,33-35H,8,15-18,20-22H2,1-2H3,(H2,45,46,47)(H,48,54,55). The van der Waals surface area contributed by atoms with Gasteiger partial charge in [-0.25, -0.2) is 19.0 Å². The summed E-state index contributed by atoms with van der Waals surface area (Å²) in [6.45, 7) is 6.50. The maximum atomic E-state index is 16.4. The number of nitrogen functional groups attached to an aromatic ring is 1. The lowest BCUT2D eigenvalue weighted by atomic mass is 9.84. The van der Waals surface area contributed by atoms with E-state index in [9.17, 15) is 19.2 Å². The molecule has 3 fully saturated rings. The lowest BCUT2D eigenvalue weighted by Crippen LogP contribution is -2.57. The van der Waals surface area contributed by atoms with Crippen LogP contribution in [-0.2, 0) is 9.59 Å². The summed E-state index contributed by atoms with van der Waals surface area (Å²) in [6, 6.07) is 21.0. The van der Waals surface area contributed by atoms with Crippen LogP contribution in [0.2, 0.25) is 0 Å². The number of alkyl halides is 1. The molecule has 58 heavy (non-hydrogen) atoms. The molecule has 5 heterocycles. The van der Waals surface area contributed by atoms with E-state index in [0.717, 1.165) is 48.0 Å². The molecule has 1 aliphatic carbocycles. The van der Waals surface area contributed by atoms with Gasteiger partial charge in [0.1, 0.15) is 41.6 Å². The van der Waals surface area contributed by atoms with E-state index in [1.807, 2.05) is 60.7 Å². The molecule has 0 bridgehead atoms. The van der Waals surface area contributed by atoms with Crippen molar-refractivity contribution in [3.8, 4) is 22.8 Å². The molecule has 1 saturated carbocycles. The Labute approximate surface area is 334 Å². The van der Waals surface area contributed by atoms with E-state index in [-0.39, 0.29) is 47.8 Å². The van der Waals surface area contributed by atoms with Crippen LogP contribution in [0.3, 0.4) is 0 Å². The Balaban J connectivity index is 0.855. The number of benzene rings is 3. The highest BCUT2D eigenvalue weighted by atomic mass is 19.1. The molecular formula is C43H44FN9O5. The van der Waals surface area contributed by atoms with Gasteiger partial charge in [-0.05, 0) is 100 Å². The zero-order valence-electron chi connectivity index (χ0n) is 32.3. The van der Waals surface area contributed by atoms with Crippen molar-refractivity contribution < 1.29 is 28.3 Å². The SMILES string of the molecule is CC1CN(CC2CCC(n3nc(-c4ccc(Oc5ccccc5)cc4)c4c(N)ncnc43)C(F)C2)CC(C)N1c1ccc2c(c1)C(=O)N(C1CCC(=O)NC1=O)C2=O. The molecule has 3 N–H and O–H groups in total. The van der Waals surface area contributed by atoms with Gasteiger partial charge in [-0.3, -0.25) is 34.3 Å². The lowest BCUT2D eigenvalue weighted by Gasteiger charge is -2.47. The normalized spacial score (nSPS) is 25.3. The Morgan fingerprint density at radius 1 is 0.862 bits per heavy atom. The van der Waals surface area contributed by atoms with Crippen molar-refractivity contribution in [2.45, 2.75) is 76.3 Å². The van der Waals surface area contributed by atoms with Gasteiger partial charge >= 0.3 is 0 Å². The molecule has 4 amide bonds. The van der Waals surface area contributed by atoms with E-state index in [2.05, 4.69) is 38.9 Å². The molecule has 9 rings (SSSR count). The van der Waals surface area contributed by atoms with Crippen molar-refractivity contribution in [1.82, 2.24) is 34.9 Å². The molecule has 2 aromatic heterocycles. The van der Waals surface area contributed by atoms with Crippen molar-refractivity contribution in [2.24, 2.45) is 5.92 Å². The van der Waals surface area contributed by atoms with Gasteiger partial charge in [0.05, 0.1) is 22.6 Å². The van der Waals surface area contributed by atoms with Gasteiger partial charge in [0.25, 0.3) is 11.8 Å². The third-order valence-electron chi connectivity index (χ3n) is 12.0. The molecule has 15 heteroatoms. The van der Waals surface area contributed by atoms with Crippen LogP contribution in [-0.4, -0.2) is 97.1 Å². The average molecular weight is 786 g/mol. The van der Waals surface area contributed by atoms with Gasteiger partial charge in [0, 0.05) is 49.4 Å². The fourth-order valence-corrected chi connectivity index (χ4v) is 9.43. The smallest absolute Gasteiger partial charge is 0.262 e. The lowest BCUT2D eigenvalue weighted by molar-refractivity contribution is -0.136. The van der Waals surface area contributed by atoms with Crippen LogP contribution in [0.1, 0.15) is 72.7 Å². The molecule has 2 saturated heterocycles. The molecule has 0 radical (unpaired) electrons. The molecule has 4 aliphatic rings. The van der Waals surface area contributed by atoms with E-state index >= 15 is 4.39 Å². The number of fused-ring (bicyclic) bond motifs is 2. The largest absolute Gasteiger partial charge is 0.457 e. The summed E-state index contributed by atoms with van der Waals surface area (Å²) in [4.78, 5) is 65.4. The van der Waals surface area contributed by atoms with Crippen molar-refractivity contribution in [3.63, 3.8) is 0 Å². The van der Waals surface area contributed by atoms with Gasteiger partial charge in [-0.2, -0.15) is 5.10 Å². The number of carbonyl (C=O) groups excluding carboxylic acids is 4. The third-order valence-corrected chi connectivity index (χ3v) is 12.0. The molecule has 6 atom stereocenters. The van der Waals surface area contributed by atoms with Gasteiger partial charge < -0.3 is 15.4 Å². The summed E-state index contributed by atoms with van der Waals surface area (Å²) in [5.74, 6) is -0.242. The van der Waals surface area contributed by atoms with Gasteiger partial charge in [0.15, 0.2) is 5.65 Å². The first-order valence-corrected chi connectivity index (χ1v) is 19.9. The molecule has 5 aromatic rings. The number of anilines is 2. The van der Waals surface area contributed by atoms with Crippen LogP contribution in [0.4, 0.5) is 15.9 Å². The second kappa shape index (κ2) is 14.9. The minimum absolute atomic E-state index is 0.0655. The number of halogens is 1. The van der Waals surface area contributed by atoms with Crippen LogP contribution in [0.5, 0.6) is 11.5 Å². The summed E-state index contributed by atoms with van der Waals surface area (Å²) in [5, 5.41) is 7.77. The van der Waals surface area contributed by atoms with E-state index in [4.69, 9.17) is 15.6 Å². The monoisotopic (exact) mass is 785 g/mol. The fraction of sp³-hybridized carbons (Fsp3) is 0.372. The van der Waals surface area contributed by atoms with Crippen LogP contribution in [0, 0.1) is 5.92 Å². The number of amides is 4. The van der Waals surface area contributed by atoms with E-state index in [1.54, 1.807) is 16.8 Å². The topological polar surface area (TPSA) is 169 Å². The first kappa shape index (κ1) is 37.4. The Kier molecular flexibility index (Phi) is 9.62. The fourth-order valence-electron chi connectivity index (χ4n) is 9.43. The number of ether oxygens (including phenoxy) is 1. The van der Waals surface area contributed by atoms with Crippen molar-refractivity contribution in [1.29, 1.82) is 0 Å². The number of piperidine rings is 1. The number of carbonyl (C=O) groups is 4. The number of nitrogens with one attached hydrogen (secondary N) is 1. The number of rotatable bonds is 8. The van der Waals surface area contributed by atoms with E-state index in [0.29, 0.717) is 35.3 Å². The van der Waals surface area contributed by atoms with Gasteiger partial charge in [-0.15, -0.1) is 0 Å². The Morgan fingerprint density at radius 3 is 2.31 bits per heavy atom. The van der Waals surface area contributed by atoms with E-state index in [1.165, 1.54) is 6.33 Å². The summed E-state index contributed by atoms with van der Waals surface area (Å²) >= 11 is 0. The minimum atomic E-state index is -1.14. The van der Waals surface area contributed by atoms with E-state index < -0.39 is 41.9 Å². The van der Waals surface area contributed by atoms with Crippen molar-refractivity contribution in [2.75, 3.05) is 30.3 Å². The highest BCUT2D eigenvalue weighted by Crippen LogP contribution is 2.40. The summed E-state index contributed by atoms with van der Waals surface area (Å²) in [6.07, 6.45) is 2.23. The number of aromatic nitrogens is 4. The van der Waals surface area contributed by atoms with Crippen LogP contribution in [0.15, 0.2) is 79.1 Å². The molecule has 298 valence electrons. The molecule has 6 unspecified atom stereocenters. The van der Waals surface area contributed by atoms with Crippen LogP contribution in [0.25, 0.3) is 22.3 Å². The third kappa shape index (κ3) is 6.72. The molecule has 14 nitrogen and oxygen atoms in total. The number of para-hydroxylation sites is 1. The predicted molar refractivity (Wildman–Crippen MR) is 214 cm³/mol. The summed E-state index contributed by atoms with van der Waals surface area (Å²) in [5.41, 5.74) is 9.64. The number of imide groups is 2. The number of nitrogens with two attached hydrogens (primary N) is 1. The Bertz CT molecular complexity index is 2410. The van der Waals surface area contributed by atoms with Gasteiger partial charge in [-0.1, -0.05) is 18.2 Å². The first-order valence-electron chi connectivity index (χ1n) is 19.9. The van der Waals surface area contributed by atoms with Crippen LogP contribution >= 0.6 is 0 Å². The number of hydrogen-bond donors (Lipinski definition) is 2. The summed E-state index contributed by atoms with van der Waals surface area (Å²) in [7, 11) is 0. The second-order valence-corrected chi connectivity index (χ2v) is 16.0. The zero-order chi connectivity index (χ0) is 40.2. The molecule has 3 aromatic carbocycles. The number of hydrogen-bond acceptors (Lipinski definition) is 11. The number of nitrogens with zero attached hydrogens (tertiary/aromatic N) is 7. The summed E-state index contributed by atoms with van der Waals surface area (Å²) < 4.78 is 24.0. The second-order valence-electron chi connectivity index (χ2n) is 16.0. The highest BCUT2D eigenvalue weighted by Gasteiger charge is 2.45. The molecule has 0 spiro atoms. The van der Waals surface area contributed by atoms with Gasteiger partial charge in [0.2, 0.25) is 11.8 Å². The predicted octanol–water partition coefficient (Wildman–Crippen LogP) is 5.55. The minimum Gasteiger partial charge on any atom is -0.457 e.